The second kappa shape index (κ2) is 7.80. The van der Waals surface area contributed by atoms with Crippen LogP contribution in [0.2, 0.25) is 0 Å². The van der Waals surface area contributed by atoms with Gasteiger partial charge in [-0.2, -0.15) is 0 Å². The quantitative estimate of drug-likeness (QED) is 0.589. The van der Waals surface area contributed by atoms with Crippen molar-refractivity contribution in [3.63, 3.8) is 0 Å². The summed E-state index contributed by atoms with van der Waals surface area (Å²) in [5, 5.41) is 3.57. The van der Waals surface area contributed by atoms with E-state index in [1.807, 2.05) is 0 Å². The van der Waals surface area contributed by atoms with E-state index in [9.17, 15) is 0 Å². The Balaban J connectivity index is 1.60. The van der Waals surface area contributed by atoms with Crippen molar-refractivity contribution < 1.29 is 0 Å². The first-order chi connectivity index (χ1) is 9.16. The van der Waals surface area contributed by atoms with E-state index in [2.05, 4.69) is 56.2 Å². The first-order valence-corrected chi connectivity index (χ1v) is 8.93. The van der Waals surface area contributed by atoms with Gasteiger partial charge in [-0.3, -0.25) is 0 Å². The van der Waals surface area contributed by atoms with E-state index in [4.69, 9.17) is 0 Å². The second-order valence-corrected chi connectivity index (χ2v) is 7.29. The van der Waals surface area contributed by atoms with E-state index in [1.54, 1.807) is 0 Å². The zero-order valence-corrected chi connectivity index (χ0v) is 14.8. The predicted molar refractivity (Wildman–Crippen MR) is 89.8 cm³/mol. The Kier molecular flexibility index (Phi) is 6.37. The van der Waals surface area contributed by atoms with Gasteiger partial charge in [0.1, 0.15) is 0 Å². The minimum atomic E-state index is 0.862. The summed E-state index contributed by atoms with van der Waals surface area (Å²) >= 11 is 7.28. The van der Waals surface area contributed by atoms with Crippen LogP contribution >= 0.6 is 31.9 Å². The van der Waals surface area contributed by atoms with Gasteiger partial charge in [0.15, 0.2) is 0 Å². The molecular weight excluding hydrogens is 366 g/mol. The third kappa shape index (κ3) is 5.57. The van der Waals surface area contributed by atoms with E-state index in [0.717, 1.165) is 6.04 Å². The van der Waals surface area contributed by atoms with Crippen molar-refractivity contribution in [3.05, 3.63) is 32.2 Å². The van der Waals surface area contributed by atoms with Crippen molar-refractivity contribution in [1.82, 2.24) is 5.32 Å². The normalized spacial score (nSPS) is 14.9. The monoisotopic (exact) mass is 387 g/mol. The molecule has 1 saturated carbocycles. The summed E-state index contributed by atoms with van der Waals surface area (Å²) in [5.41, 5.74) is 2.72. The molecule has 0 aromatic heterocycles. The Hall–Kier alpha value is 0.140. The predicted octanol–water partition coefficient (Wildman–Crippen LogP) is 5.37. The average molecular weight is 389 g/mol. The number of halogens is 2. The van der Waals surface area contributed by atoms with Crippen LogP contribution < -0.4 is 5.32 Å². The lowest BCUT2D eigenvalue weighted by Gasteiger charge is -2.08. The lowest BCUT2D eigenvalue weighted by molar-refractivity contribution is 0.585. The Morgan fingerprint density at radius 1 is 1.05 bits per heavy atom. The van der Waals surface area contributed by atoms with Crippen LogP contribution in [0, 0.1) is 6.92 Å². The molecule has 1 N–H and O–H groups in total. The highest BCUT2D eigenvalue weighted by molar-refractivity contribution is 9.11. The molecule has 3 heteroatoms. The summed E-state index contributed by atoms with van der Waals surface area (Å²) in [4.78, 5) is 0. The van der Waals surface area contributed by atoms with E-state index in [1.165, 1.54) is 71.6 Å². The van der Waals surface area contributed by atoms with Crippen molar-refractivity contribution >= 4 is 31.9 Å². The van der Waals surface area contributed by atoms with Gasteiger partial charge < -0.3 is 5.32 Å². The molecule has 106 valence electrons. The summed E-state index contributed by atoms with van der Waals surface area (Å²) < 4.78 is 2.47. The fraction of sp³-hybridized carbons (Fsp3) is 0.625. The van der Waals surface area contributed by atoms with Crippen LogP contribution in [0.3, 0.4) is 0 Å². The maximum absolute atomic E-state index is 3.67. The van der Waals surface area contributed by atoms with Crippen LogP contribution in [-0.2, 0) is 6.42 Å². The molecule has 1 aliphatic carbocycles. The molecule has 0 spiro atoms. The molecule has 1 aromatic carbocycles. The van der Waals surface area contributed by atoms with Crippen LogP contribution in [0.5, 0.6) is 0 Å². The zero-order chi connectivity index (χ0) is 13.7. The first kappa shape index (κ1) is 15.5. The number of hydrogen-bond donors (Lipinski definition) is 1. The van der Waals surface area contributed by atoms with E-state index < -0.39 is 0 Å². The summed E-state index contributed by atoms with van der Waals surface area (Å²) in [5.74, 6) is 0. The largest absolute Gasteiger partial charge is 0.314 e. The van der Waals surface area contributed by atoms with Gasteiger partial charge in [-0.05, 0) is 68.8 Å². The standard InChI is InChI=1S/C16H23Br2N/c1-12-10-16(18)13(11-15(12)17)6-4-2-3-5-9-19-14-7-8-14/h10-11,14,19H,2-9H2,1H3. The summed E-state index contributed by atoms with van der Waals surface area (Å²) in [6.07, 6.45) is 9.28. The molecule has 0 bridgehead atoms. The van der Waals surface area contributed by atoms with Gasteiger partial charge in [0.05, 0.1) is 0 Å². The molecule has 1 aliphatic rings. The molecule has 19 heavy (non-hydrogen) atoms. The van der Waals surface area contributed by atoms with E-state index in [0.29, 0.717) is 0 Å². The maximum Gasteiger partial charge on any atom is 0.0210 e. The Labute approximate surface area is 133 Å². The fourth-order valence-electron chi connectivity index (χ4n) is 2.27. The van der Waals surface area contributed by atoms with Gasteiger partial charge >= 0.3 is 0 Å². The maximum atomic E-state index is 3.67. The van der Waals surface area contributed by atoms with Crippen LogP contribution in [0.25, 0.3) is 0 Å². The SMILES string of the molecule is Cc1cc(Br)c(CCCCCCNC2CC2)cc1Br. The third-order valence-electron chi connectivity index (χ3n) is 3.71. The highest BCUT2D eigenvalue weighted by atomic mass is 79.9. The van der Waals surface area contributed by atoms with Crippen molar-refractivity contribution in [2.75, 3.05) is 6.54 Å². The van der Waals surface area contributed by atoms with Crippen LogP contribution in [0.15, 0.2) is 21.1 Å². The van der Waals surface area contributed by atoms with Crippen molar-refractivity contribution in [3.8, 4) is 0 Å². The van der Waals surface area contributed by atoms with Crippen LogP contribution in [0.4, 0.5) is 0 Å². The highest BCUT2D eigenvalue weighted by Crippen LogP contribution is 2.26. The summed E-state index contributed by atoms with van der Waals surface area (Å²) in [6, 6.07) is 5.33. The van der Waals surface area contributed by atoms with Gasteiger partial charge in [-0.25, -0.2) is 0 Å². The number of unbranched alkanes of at least 4 members (excludes halogenated alkanes) is 3. The lowest BCUT2D eigenvalue weighted by atomic mass is 10.0. The summed E-state index contributed by atoms with van der Waals surface area (Å²) in [7, 11) is 0. The van der Waals surface area contributed by atoms with Crippen LogP contribution in [-0.4, -0.2) is 12.6 Å². The van der Waals surface area contributed by atoms with Crippen molar-refractivity contribution in [2.45, 2.75) is 57.9 Å². The Morgan fingerprint density at radius 3 is 2.53 bits per heavy atom. The van der Waals surface area contributed by atoms with Gasteiger partial charge in [0.2, 0.25) is 0 Å². The summed E-state index contributed by atoms with van der Waals surface area (Å²) in [6.45, 7) is 3.34. The van der Waals surface area contributed by atoms with E-state index >= 15 is 0 Å². The molecule has 0 heterocycles. The minimum absolute atomic E-state index is 0.862. The Morgan fingerprint density at radius 2 is 1.79 bits per heavy atom. The third-order valence-corrected chi connectivity index (χ3v) is 5.30. The molecular formula is C16H23Br2N. The van der Waals surface area contributed by atoms with Crippen LogP contribution in [0.1, 0.15) is 49.7 Å². The lowest BCUT2D eigenvalue weighted by Crippen LogP contribution is -2.17. The average Bonchev–Trinajstić information content (AvgIpc) is 3.18. The van der Waals surface area contributed by atoms with Gasteiger partial charge in [0, 0.05) is 15.0 Å². The first-order valence-electron chi connectivity index (χ1n) is 7.34. The number of benzene rings is 1. The second-order valence-electron chi connectivity index (χ2n) is 5.59. The molecule has 0 aliphatic heterocycles. The molecule has 0 radical (unpaired) electrons. The molecule has 1 fully saturated rings. The number of rotatable bonds is 8. The van der Waals surface area contributed by atoms with Gasteiger partial charge in [-0.1, -0.05) is 44.7 Å². The zero-order valence-electron chi connectivity index (χ0n) is 11.6. The highest BCUT2D eigenvalue weighted by Gasteiger charge is 2.19. The molecule has 0 amide bonds. The van der Waals surface area contributed by atoms with Gasteiger partial charge in [0.25, 0.3) is 0 Å². The molecule has 0 atom stereocenters. The number of hydrogen-bond acceptors (Lipinski definition) is 1. The van der Waals surface area contributed by atoms with E-state index in [-0.39, 0.29) is 0 Å². The Bertz CT molecular complexity index is 413. The topological polar surface area (TPSA) is 12.0 Å². The number of aryl methyl sites for hydroxylation is 2. The molecule has 1 aromatic rings. The molecule has 1 nitrogen and oxygen atoms in total. The van der Waals surface area contributed by atoms with Crippen molar-refractivity contribution in [2.24, 2.45) is 0 Å². The molecule has 2 rings (SSSR count). The molecule has 0 unspecified atom stereocenters. The fourth-order valence-corrected chi connectivity index (χ4v) is 3.31. The van der Waals surface area contributed by atoms with Crippen molar-refractivity contribution in [1.29, 1.82) is 0 Å². The molecule has 0 saturated heterocycles. The number of nitrogens with one attached hydrogen (secondary N) is 1. The smallest absolute Gasteiger partial charge is 0.0210 e. The minimum Gasteiger partial charge on any atom is -0.314 e. The van der Waals surface area contributed by atoms with Gasteiger partial charge in [-0.15, -0.1) is 0 Å².